The molecule has 0 atom stereocenters. The highest BCUT2D eigenvalue weighted by Crippen LogP contribution is 2.31. The number of carbonyl (C=O) groups is 1. The van der Waals surface area contributed by atoms with Gasteiger partial charge in [-0.15, -0.1) is 0 Å². The number of ether oxygens (including phenoxy) is 1. The van der Waals surface area contributed by atoms with Crippen LogP contribution in [0.4, 0.5) is 11.4 Å². The summed E-state index contributed by atoms with van der Waals surface area (Å²) in [6.45, 7) is 3.68. The molecule has 3 rings (SSSR count). The van der Waals surface area contributed by atoms with Crippen molar-refractivity contribution in [3.05, 3.63) is 91.3 Å². The van der Waals surface area contributed by atoms with Gasteiger partial charge in [-0.2, -0.15) is 5.10 Å². The number of aromatic nitrogens is 1. The number of nitrogens with zero attached hydrogens (tertiary/aromatic N) is 4. The van der Waals surface area contributed by atoms with Gasteiger partial charge in [0.1, 0.15) is 5.75 Å². The smallest absolute Gasteiger partial charge is 0.273 e. The summed E-state index contributed by atoms with van der Waals surface area (Å²) in [7, 11) is 1.43. The quantitative estimate of drug-likeness (QED) is 0.339. The third-order valence-electron chi connectivity index (χ3n) is 4.77. The Morgan fingerprint density at radius 2 is 1.75 bits per heavy atom. The van der Waals surface area contributed by atoms with E-state index in [2.05, 4.69) is 10.5 Å². The summed E-state index contributed by atoms with van der Waals surface area (Å²) in [6.07, 6.45) is 1.45. The number of hydrogen-bond acceptors (Lipinski definition) is 7. The highest BCUT2D eigenvalue weighted by atomic mass is 16.6. The number of nitrogens with one attached hydrogen (secondary N) is 1. The fraction of sp³-hybridized carbons (Fsp3) is 0.143. The summed E-state index contributed by atoms with van der Waals surface area (Å²) in [5, 5.41) is 25.9. The fourth-order valence-corrected chi connectivity index (χ4v) is 3.24. The summed E-state index contributed by atoms with van der Waals surface area (Å²) in [6, 6.07) is 11.5. The number of hydrogen-bond donors (Lipinski definition) is 1. The van der Waals surface area contributed by atoms with Gasteiger partial charge in [-0.05, 0) is 32.0 Å². The standard InChI is InChI=1S/C21H19N5O6/c1-13-9-16(12-22-23-21(27)15-5-4-6-17(10-15)25(28)29)14(2)24(13)19-8-7-18(26(30)31)11-20(19)32-3/h4-12H,1-3H3,(H,23,27)/b22-12-. The lowest BCUT2D eigenvalue weighted by Gasteiger charge is -2.13. The molecule has 32 heavy (non-hydrogen) atoms. The van der Waals surface area contributed by atoms with Crippen LogP contribution < -0.4 is 10.2 Å². The van der Waals surface area contributed by atoms with Crippen molar-refractivity contribution >= 4 is 23.5 Å². The van der Waals surface area contributed by atoms with E-state index in [1.54, 1.807) is 6.07 Å². The zero-order valence-corrected chi connectivity index (χ0v) is 17.4. The Hall–Kier alpha value is -4.54. The zero-order chi connectivity index (χ0) is 23.4. The number of methoxy groups -OCH3 is 1. The van der Waals surface area contributed by atoms with Crippen LogP contribution in [0.1, 0.15) is 27.3 Å². The molecule has 1 N–H and O–H groups in total. The van der Waals surface area contributed by atoms with E-state index in [1.165, 1.54) is 43.7 Å². The van der Waals surface area contributed by atoms with E-state index < -0.39 is 15.8 Å². The molecule has 0 fully saturated rings. The van der Waals surface area contributed by atoms with Crippen LogP contribution in [0.5, 0.6) is 5.75 Å². The minimum Gasteiger partial charge on any atom is -0.494 e. The van der Waals surface area contributed by atoms with Crippen LogP contribution in [0, 0.1) is 34.1 Å². The molecule has 11 nitrogen and oxygen atoms in total. The minimum atomic E-state index is -0.587. The molecule has 0 bridgehead atoms. The molecule has 164 valence electrons. The van der Waals surface area contributed by atoms with Gasteiger partial charge in [-0.25, -0.2) is 5.43 Å². The van der Waals surface area contributed by atoms with Gasteiger partial charge in [-0.1, -0.05) is 6.07 Å². The van der Waals surface area contributed by atoms with Crippen molar-refractivity contribution in [3.8, 4) is 11.4 Å². The third kappa shape index (κ3) is 4.46. The first-order valence-electron chi connectivity index (χ1n) is 9.32. The Balaban J connectivity index is 1.85. The SMILES string of the molecule is COc1cc([N+](=O)[O-])ccc1-n1c(C)cc(/C=N\NC(=O)c2cccc([N+](=O)[O-])c2)c1C. The van der Waals surface area contributed by atoms with Crippen molar-refractivity contribution in [1.29, 1.82) is 0 Å². The van der Waals surface area contributed by atoms with E-state index in [-0.39, 0.29) is 16.9 Å². The van der Waals surface area contributed by atoms with E-state index in [0.717, 1.165) is 17.5 Å². The van der Waals surface area contributed by atoms with Gasteiger partial charge in [0.2, 0.25) is 0 Å². The van der Waals surface area contributed by atoms with Crippen LogP contribution in [-0.2, 0) is 0 Å². The molecule has 3 aromatic rings. The number of carbonyl (C=O) groups excluding carboxylic acids is 1. The lowest BCUT2D eigenvalue weighted by molar-refractivity contribution is -0.385. The minimum absolute atomic E-state index is 0.0845. The van der Waals surface area contributed by atoms with Crippen LogP contribution in [0.15, 0.2) is 53.6 Å². The molecule has 1 aromatic heterocycles. The number of non-ortho nitro benzene ring substituents is 2. The van der Waals surface area contributed by atoms with Gasteiger partial charge in [0, 0.05) is 40.7 Å². The number of benzene rings is 2. The second-order valence-electron chi connectivity index (χ2n) is 6.78. The van der Waals surface area contributed by atoms with Gasteiger partial charge in [-0.3, -0.25) is 25.0 Å². The summed E-state index contributed by atoms with van der Waals surface area (Å²) in [5.74, 6) is -0.251. The lowest BCUT2D eigenvalue weighted by Crippen LogP contribution is -2.17. The Morgan fingerprint density at radius 3 is 2.41 bits per heavy atom. The molecule has 0 aliphatic heterocycles. The van der Waals surface area contributed by atoms with Crippen LogP contribution >= 0.6 is 0 Å². The maximum absolute atomic E-state index is 12.2. The first kappa shape index (κ1) is 22.2. The summed E-state index contributed by atoms with van der Waals surface area (Å²) in [4.78, 5) is 33.1. The van der Waals surface area contributed by atoms with Gasteiger partial charge in [0.15, 0.2) is 0 Å². The molecular formula is C21H19N5O6. The first-order chi connectivity index (χ1) is 15.2. The molecule has 0 aliphatic rings. The van der Waals surface area contributed by atoms with E-state index in [4.69, 9.17) is 4.74 Å². The average Bonchev–Trinajstić information content (AvgIpc) is 3.06. The van der Waals surface area contributed by atoms with E-state index >= 15 is 0 Å². The monoisotopic (exact) mass is 437 g/mol. The van der Waals surface area contributed by atoms with E-state index in [0.29, 0.717) is 17.0 Å². The van der Waals surface area contributed by atoms with Gasteiger partial charge in [0.25, 0.3) is 17.3 Å². The van der Waals surface area contributed by atoms with Crippen molar-refractivity contribution in [2.75, 3.05) is 7.11 Å². The number of nitro groups is 2. The van der Waals surface area contributed by atoms with Gasteiger partial charge < -0.3 is 9.30 Å². The number of amides is 1. The van der Waals surface area contributed by atoms with Crippen LogP contribution in [0.2, 0.25) is 0 Å². The Bertz CT molecular complexity index is 1250. The average molecular weight is 437 g/mol. The molecule has 11 heteroatoms. The number of rotatable bonds is 7. The van der Waals surface area contributed by atoms with Crippen LogP contribution in [0.25, 0.3) is 5.69 Å². The molecule has 1 amide bonds. The molecule has 0 radical (unpaired) electrons. The summed E-state index contributed by atoms with van der Waals surface area (Å²) < 4.78 is 7.19. The van der Waals surface area contributed by atoms with E-state index in [1.807, 2.05) is 24.5 Å². The van der Waals surface area contributed by atoms with Gasteiger partial charge >= 0.3 is 0 Å². The maximum atomic E-state index is 12.2. The molecule has 1 heterocycles. The predicted octanol–water partition coefficient (Wildman–Crippen LogP) is 3.68. The number of aryl methyl sites for hydroxylation is 1. The van der Waals surface area contributed by atoms with Crippen LogP contribution in [0.3, 0.4) is 0 Å². The number of hydrazone groups is 1. The second kappa shape index (κ2) is 9.08. The number of nitro benzene ring substituents is 2. The first-order valence-corrected chi connectivity index (χ1v) is 9.32. The Morgan fingerprint density at radius 1 is 1.06 bits per heavy atom. The molecule has 0 unspecified atom stereocenters. The lowest BCUT2D eigenvalue weighted by atomic mass is 10.2. The highest BCUT2D eigenvalue weighted by molar-refractivity contribution is 5.95. The highest BCUT2D eigenvalue weighted by Gasteiger charge is 2.17. The predicted molar refractivity (Wildman–Crippen MR) is 117 cm³/mol. The Labute approximate surface area is 182 Å². The molecule has 0 saturated carbocycles. The van der Waals surface area contributed by atoms with Crippen molar-refractivity contribution in [2.24, 2.45) is 5.10 Å². The van der Waals surface area contributed by atoms with Crippen LogP contribution in [-0.4, -0.2) is 33.6 Å². The normalized spacial score (nSPS) is 10.8. The van der Waals surface area contributed by atoms with E-state index in [9.17, 15) is 25.0 Å². The largest absolute Gasteiger partial charge is 0.494 e. The molecule has 0 saturated heterocycles. The topological polar surface area (TPSA) is 142 Å². The maximum Gasteiger partial charge on any atom is 0.273 e. The molecular weight excluding hydrogens is 418 g/mol. The summed E-state index contributed by atoms with van der Waals surface area (Å²) in [5.41, 5.74) is 5.09. The summed E-state index contributed by atoms with van der Waals surface area (Å²) >= 11 is 0. The fourth-order valence-electron chi connectivity index (χ4n) is 3.24. The van der Waals surface area contributed by atoms with Crippen molar-refractivity contribution in [1.82, 2.24) is 9.99 Å². The molecule has 2 aromatic carbocycles. The Kier molecular flexibility index (Phi) is 6.29. The molecule has 0 aliphatic carbocycles. The zero-order valence-electron chi connectivity index (χ0n) is 17.4. The second-order valence-corrected chi connectivity index (χ2v) is 6.78. The van der Waals surface area contributed by atoms with Crippen molar-refractivity contribution in [2.45, 2.75) is 13.8 Å². The van der Waals surface area contributed by atoms with Crippen molar-refractivity contribution in [3.63, 3.8) is 0 Å². The third-order valence-corrected chi connectivity index (χ3v) is 4.77. The van der Waals surface area contributed by atoms with Gasteiger partial charge in [0.05, 0.1) is 34.9 Å². The molecule has 0 spiro atoms. The van der Waals surface area contributed by atoms with Crippen molar-refractivity contribution < 1.29 is 19.4 Å².